The highest BCUT2D eigenvalue weighted by Crippen LogP contribution is 2.24. The first-order valence-electron chi connectivity index (χ1n) is 6.09. The third kappa shape index (κ3) is 4.62. The topological polar surface area (TPSA) is 75.3 Å². The molecule has 8 heteroatoms. The zero-order chi connectivity index (χ0) is 16.3. The molecule has 0 aliphatic heterocycles. The van der Waals surface area contributed by atoms with Gasteiger partial charge in [0.15, 0.2) is 0 Å². The Morgan fingerprint density at radius 3 is 2.23 bits per heavy atom. The quantitative estimate of drug-likeness (QED) is 0.876. The Kier molecular flexibility index (Phi) is 4.95. The third-order valence-corrected chi connectivity index (χ3v) is 3.78. The maximum Gasteiger partial charge on any atom is 0.255 e. The van der Waals surface area contributed by atoms with Crippen LogP contribution >= 0.6 is 23.2 Å². The summed E-state index contributed by atoms with van der Waals surface area (Å²) in [6, 6.07) is 10.9. The molecule has 5 nitrogen and oxygen atoms in total. The zero-order valence-electron chi connectivity index (χ0n) is 11.4. The highest BCUT2D eigenvalue weighted by atomic mass is 35.5. The van der Waals surface area contributed by atoms with Crippen LogP contribution in [0.1, 0.15) is 10.4 Å². The molecule has 22 heavy (non-hydrogen) atoms. The van der Waals surface area contributed by atoms with Gasteiger partial charge in [-0.25, -0.2) is 8.42 Å². The molecule has 2 rings (SSSR count). The molecule has 0 heterocycles. The summed E-state index contributed by atoms with van der Waals surface area (Å²) >= 11 is 11.7. The van der Waals surface area contributed by atoms with Crippen LogP contribution < -0.4 is 10.0 Å². The number of anilines is 2. The molecule has 2 aromatic rings. The van der Waals surface area contributed by atoms with Crippen LogP contribution in [0.4, 0.5) is 11.4 Å². The van der Waals surface area contributed by atoms with Gasteiger partial charge in [0.2, 0.25) is 10.0 Å². The van der Waals surface area contributed by atoms with E-state index in [0.29, 0.717) is 16.3 Å². The number of hydrogen-bond donors (Lipinski definition) is 2. The van der Waals surface area contributed by atoms with Crippen molar-refractivity contribution in [2.75, 3.05) is 16.3 Å². The number of rotatable bonds is 4. The van der Waals surface area contributed by atoms with E-state index in [1.807, 2.05) is 0 Å². The highest BCUT2D eigenvalue weighted by molar-refractivity contribution is 7.92. The van der Waals surface area contributed by atoms with Crippen LogP contribution in [-0.2, 0) is 10.0 Å². The van der Waals surface area contributed by atoms with Crippen LogP contribution in [0.2, 0.25) is 10.0 Å². The van der Waals surface area contributed by atoms with Gasteiger partial charge in [0.1, 0.15) is 0 Å². The summed E-state index contributed by atoms with van der Waals surface area (Å²) < 4.78 is 24.6. The first-order valence-corrected chi connectivity index (χ1v) is 8.73. The Balaban J connectivity index is 2.17. The Hall–Kier alpha value is -1.76. The maximum atomic E-state index is 12.1. The van der Waals surface area contributed by atoms with Gasteiger partial charge in [0, 0.05) is 16.3 Å². The fourth-order valence-electron chi connectivity index (χ4n) is 1.68. The number of carbonyl (C=O) groups excluding carboxylic acids is 1. The molecule has 0 saturated carbocycles. The monoisotopic (exact) mass is 358 g/mol. The number of carbonyl (C=O) groups is 1. The van der Waals surface area contributed by atoms with E-state index in [0.717, 1.165) is 6.26 Å². The summed E-state index contributed by atoms with van der Waals surface area (Å²) in [5, 5.41) is 3.39. The predicted molar refractivity (Wildman–Crippen MR) is 89.3 cm³/mol. The van der Waals surface area contributed by atoms with Crippen molar-refractivity contribution in [1.29, 1.82) is 0 Å². The summed E-state index contributed by atoms with van der Waals surface area (Å²) in [5.41, 5.74) is 1.11. The molecule has 0 aliphatic carbocycles. The van der Waals surface area contributed by atoms with E-state index in [-0.39, 0.29) is 16.6 Å². The molecule has 0 aliphatic rings. The second-order valence-corrected chi connectivity index (χ2v) is 7.12. The highest BCUT2D eigenvalue weighted by Gasteiger charge is 2.11. The lowest BCUT2D eigenvalue weighted by molar-refractivity contribution is 0.102. The number of nitrogens with one attached hydrogen (secondary N) is 2. The molecule has 2 N–H and O–H groups in total. The third-order valence-electron chi connectivity index (χ3n) is 2.63. The van der Waals surface area contributed by atoms with Crippen LogP contribution in [-0.4, -0.2) is 20.6 Å². The molecule has 0 aromatic heterocycles. The van der Waals surface area contributed by atoms with E-state index in [4.69, 9.17) is 23.2 Å². The Morgan fingerprint density at radius 1 is 1.05 bits per heavy atom. The fourth-order valence-corrected chi connectivity index (χ4v) is 2.66. The number of amides is 1. The summed E-state index contributed by atoms with van der Waals surface area (Å²) in [6.07, 6.45) is 1.02. The van der Waals surface area contributed by atoms with Crippen LogP contribution in [0.25, 0.3) is 0 Å². The largest absolute Gasteiger partial charge is 0.322 e. The van der Waals surface area contributed by atoms with Crippen molar-refractivity contribution in [2.45, 2.75) is 0 Å². The van der Waals surface area contributed by atoms with E-state index in [1.165, 1.54) is 18.2 Å². The van der Waals surface area contributed by atoms with Crippen molar-refractivity contribution >= 4 is 50.5 Å². The van der Waals surface area contributed by atoms with Crippen molar-refractivity contribution in [3.8, 4) is 0 Å². The first kappa shape index (κ1) is 16.6. The van der Waals surface area contributed by atoms with E-state index in [1.54, 1.807) is 24.3 Å². The molecule has 0 atom stereocenters. The van der Waals surface area contributed by atoms with Gasteiger partial charge < -0.3 is 5.32 Å². The maximum absolute atomic E-state index is 12.1. The van der Waals surface area contributed by atoms with Crippen LogP contribution in [0, 0.1) is 0 Å². The summed E-state index contributed by atoms with van der Waals surface area (Å²) in [7, 11) is -3.43. The number of sulfonamides is 1. The standard InChI is InChI=1S/C14H12Cl2N2O3S/c1-22(20,21)18-13-7-2-9(8-12(13)16)14(19)17-11-5-3-10(15)4-6-11/h2-8,18H,1H3,(H,17,19). The van der Waals surface area contributed by atoms with Gasteiger partial charge in [-0.15, -0.1) is 0 Å². The van der Waals surface area contributed by atoms with Crippen LogP contribution in [0.15, 0.2) is 42.5 Å². The van der Waals surface area contributed by atoms with Gasteiger partial charge in [-0.1, -0.05) is 23.2 Å². The molecule has 1 amide bonds. The predicted octanol–water partition coefficient (Wildman–Crippen LogP) is 3.62. The van der Waals surface area contributed by atoms with Crippen molar-refractivity contribution in [3.63, 3.8) is 0 Å². The molecule has 0 spiro atoms. The van der Waals surface area contributed by atoms with E-state index in [2.05, 4.69) is 10.0 Å². The van der Waals surface area contributed by atoms with E-state index >= 15 is 0 Å². The van der Waals surface area contributed by atoms with Gasteiger partial charge in [0.25, 0.3) is 5.91 Å². The first-order chi connectivity index (χ1) is 10.2. The Bertz CT molecular complexity index is 805. The smallest absolute Gasteiger partial charge is 0.255 e. The van der Waals surface area contributed by atoms with Crippen LogP contribution in [0.3, 0.4) is 0 Å². The van der Waals surface area contributed by atoms with E-state index in [9.17, 15) is 13.2 Å². The lowest BCUT2D eigenvalue weighted by atomic mass is 10.2. The minimum absolute atomic E-state index is 0.134. The Morgan fingerprint density at radius 2 is 1.68 bits per heavy atom. The number of benzene rings is 2. The van der Waals surface area contributed by atoms with Gasteiger partial charge in [0.05, 0.1) is 17.0 Å². The fraction of sp³-hybridized carbons (Fsp3) is 0.0714. The van der Waals surface area contributed by atoms with Crippen molar-refractivity contribution in [3.05, 3.63) is 58.1 Å². The summed E-state index contributed by atoms with van der Waals surface area (Å²) in [4.78, 5) is 12.1. The summed E-state index contributed by atoms with van der Waals surface area (Å²) in [5.74, 6) is -0.366. The molecule has 0 fully saturated rings. The Labute approximate surface area is 138 Å². The molecule has 0 radical (unpaired) electrons. The zero-order valence-corrected chi connectivity index (χ0v) is 13.8. The molecule has 0 bridgehead atoms. The van der Waals surface area contributed by atoms with Crippen molar-refractivity contribution in [2.24, 2.45) is 0 Å². The van der Waals surface area contributed by atoms with Gasteiger partial charge in [-0.05, 0) is 42.5 Å². The van der Waals surface area contributed by atoms with Gasteiger partial charge in [-0.3, -0.25) is 9.52 Å². The number of halogens is 2. The molecule has 0 unspecified atom stereocenters. The summed E-state index contributed by atoms with van der Waals surface area (Å²) in [6.45, 7) is 0. The second kappa shape index (κ2) is 6.56. The minimum atomic E-state index is -3.43. The minimum Gasteiger partial charge on any atom is -0.322 e. The normalized spacial score (nSPS) is 11.0. The molecule has 2 aromatic carbocycles. The van der Waals surface area contributed by atoms with Crippen molar-refractivity contribution in [1.82, 2.24) is 0 Å². The molecular formula is C14H12Cl2N2O3S. The van der Waals surface area contributed by atoms with E-state index < -0.39 is 10.0 Å². The van der Waals surface area contributed by atoms with Crippen LogP contribution in [0.5, 0.6) is 0 Å². The second-order valence-electron chi connectivity index (χ2n) is 4.53. The molecular weight excluding hydrogens is 347 g/mol. The van der Waals surface area contributed by atoms with Gasteiger partial charge >= 0.3 is 0 Å². The average molecular weight is 359 g/mol. The SMILES string of the molecule is CS(=O)(=O)Nc1ccc(C(=O)Nc2ccc(Cl)cc2)cc1Cl. The number of hydrogen-bond acceptors (Lipinski definition) is 3. The van der Waals surface area contributed by atoms with Gasteiger partial charge in [-0.2, -0.15) is 0 Å². The van der Waals surface area contributed by atoms with Crippen molar-refractivity contribution < 1.29 is 13.2 Å². The lowest BCUT2D eigenvalue weighted by Crippen LogP contribution is -2.13. The molecule has 0 saturated heterocycles. The lowest BCUT2D eigenvalue weighted by Gasteiger charge is -2.09. The average Bonchev–Trinajstić information content (AvgIpc) is 2.42. The molecule has 116 valence electrons.